The Labute approximate surface area is 183 Å². The van der Waals surface area contributed by atoms with Gasteiger partial charge in [0.25, 0.3) is 0 Å². The van der Waals surface area contributed by atoms with Crippen molar-refractivity contribution in [3.05, 3.63) is 41.6 Å². The van der Waals surface area contributed by atoms with E-state index in [1.165, 1.54) is 0 Å². The lowest BCUT2D eigenvalue weighted by molar-refractivity contribution is -0.193. The molecule has 0 N–H and O–H groups in total. The molecule has 5 rings (SSSR count). The molecule has 8 nitrogen and oxygen atoms in total. The second-order valence-corrected chi connectivity index (χ2v) is 8.00. The third-order valence-corrected chi connectivity index (χ3v) is 5.50. The molecule has 1 unspecified atom stereocenters. The molecule has 1 saturated heterocycles. The fourth-order valence-electron chi connectivity index (χ4n) is 3.48. The Bertz CT molecular complexity index is 1070. The van der Waals surface area contributed by atoms with Gasteiger partial charge in [-0.1, -0.05) is 6.42 Å². The summed E-state index contributed by atoms with van der Waals surface area (Å²) in [5, 5.41) is 8.00. The number of morpholine rings is 1. The molecular weight excluding hydrogens is 423 g/mol. The summed E-state index contributed by atoms with van der Waals surface area (Å²) in [4.78, 5) is 19.8. The lowest BCUT2D eigenvalue weighted by atomic mass is 9.85. The fraction of sp³-hybridized carbons (Fsp3) is 0.524. The van der Waals surface area contributed by atoms with Crippen molar-refractivity contribution in [3.8, 4) is 0 Å². The third-order valence-electron chi connectivity index (χ3n) is 5.50. The van der Waals surface area contributed by atoms with Crippen LogP contribution in [0.3, 0.4) is 0 Å². The predicted molar refractivity (Wildman–Crippen MR) is 111 cm³/mol. The van der Waals surface area contributed by atoms with Gasteiger partial charge < -0.3 is 9.64 Å². The van der Waals surface area contributed by atoms with Gasteiger partial charge >= 0.3 is 6.18 Å². The van der Waals surface area contributed by atoms with Crippen LogP contribution in [0.2, 0.25) is 0 Å². The van der Waals surface area contributed by atoms with Crippen LogP contribution in [-0.4, -0.2) is 56.0 Å². The Kier molecular flexibility index (Phi) is 6.45. The molecule has 0 spiro atoms. The van der Waals surface area contributed by atoms with Crippen molar-refractivity contribution in [1.29, 1.82) is 0 Å². The summed E-state index contributed by atoms with van der Waals surface area (Å²) in [6.45, 7) is 5.82. The maximum absolute atomic E-state index is 11.5. The molecule has 4 heterocycles. The summed E-state index contributed by atoms with van der Waals surface area (Å²) >= 11 is 0. The second-order valence-electron chi connectivity index (χ2n) is 8.00. The van der Waals surface area contributed by atoms with E-state index in [-0.39, 0.29) is 6.10 Å². The molecule has 0 radical (unpaired) electrons. The molecule has 2 fully saturated rings. The summed E-state index contributed by atoms with van der Waals surface area (Å²) in [5.41, 5.74) is 4.04. The minimum atomic E-state index is -3.90. The van der Waals surface area contributed by atoms with Gasteiger partial charge in [0.2, 0.25) is 5.95 Å². The molecule has 32 heavy (non-hydrogen) atoms. The Hall–Kier alpha value is -2.95. The number of ether oxygens (including phenoxy) is 1. The van der Waals surface area contributed by atoms with Gasteiger partial charge in [0.05, 0.1) is 42.9 Å². The van der Waals surface area contributed by atoms with Crippen LogP contribution in [0.1, 0.15) is 42.3 Å². The lowest BCUT2D eigenvalue weighted by Crippen LogP contribution is -2.39. The number of fused-ring (bicyclic) bond motifs is 1. The molecule has 1 atom stereocenters. The zero-order valence-corrected chi connectivity index (χ0v) is 17.9. The third kappa shape index (κ3) is 5.26. The number of aryl methyl sites for hydroxylation is 2. The summed E-state index contributed by atoms with van der Waals surface area (Å²) in [5.74, 6) is -0.322. The monoisotopic (exact) mass is 447 g/mol. The van der Waals surface area contributed by atoms with Gasteiger partial charge in [0, 0.05) is 18.3 Å². The number of aromatic nitrogens is 6. The molecular formula is C21H24F3N7O. The number of halogens is 3. The Morgan fingerprint density at radius 2 is 1.84 bits per heavy atom. The first-order chi connectivity index (χ1) is 15.3. The molecule has 1 aliphatic heterocycles. The van der Waals surface area contributed by atoms with Gasteiger partial charge in [0.1, 0.15) is 11.6 Å². The molecule has 1 saturated carbocycles. The highest BCUT2D eigenvalue weighted by Gasteiger charge is 2.42. The van der Waals surface area contributed by atoms with Crippen molar-refractivity contribution in [2.45, 2.75) is 45.4 Å². The molecule has 0 amide bonds. The van der Waals surface area contributed by atoms with Crippen molar-refractivity contribution in [2.24, 2.45) is 5.92 Å². The van der Waals surface area contributed by atoms with E-state index in [1.54, 1.807) is 18.6 Å². The van der Waals surface area contributed by atoms with Crippen LogP contribution < -0.4 is 4.90 Å². The zero-order valence-electron chi connectivity index (χ0n) is 17.9. The maximum atomic E-state index is 11.5. The highest BCUT2D eigenvalue weighted by molar-refractivity contribution is 5.69. The number of hydrogen-bond acceptors (Lipinski definition) is 8. The molecule has 3 aromatic heterocycles. The van der Waals surface area contributed by atoms with Gasteiger partial charge in [-0.2, -0.15) is 28.4 Å². The Morgan fingerprint density at radius 1 is 1.03 bits per heavy atom. The molecule has 11 heteroatoms. The number of anilines is 1. The number of alkyl halides is 3. The van der Waals surface area contributed by atoms with E-state index in [1.807, 2.05) is 19.9 Å². The van der Waals surface area contributed by atoms with Crippen LogP contribution in [-0.2, 0) is 4.74 Å². The van der Waals surface area contributed by atoms with E-state index in [0.29, 0.717) is 43.1 Å². The summed E-state index contributed by atoms with van der Waals surface area (Å²) in [6, 6.07) is 2.00. The highest BCUT2D eigenvalue weighted by Crippen LogP contribution is 2.40. The van der Waals surface area contributed by atoms with Crippen LogP contribution in [0, 0.1) is 19.8 Å². The highest BCUT2D eigenvalue weighted by atomic mass is 19.4. The largest absolute Gasteiger partial charge is 0.391 e. The number of hydrogen-bond donors (Lipinski definition) is 0. The average molecular weight is 447 g/mol. The van der Waals surface area contributed by atoms with Crippen LogP contribution in [0.5, 0.6) is 0 Å². The Morgan fingerprint density at radius 3 is 2.50 bits per heavy atom. The maximum Gasteiger partial charge on any atom is 0.391 e. The number of nitrogens with zero attached hydrogens (tertiary/aromatic N) is 7. The molecule has 1 aliphatic carbocycles. The van der Waals surface area contributed by atoms with Crippen molar-refractivity contribution in [1.82, 2.24) is 30.1 Å². The summed E-state index contributed by atoms with van der Waals surface area (Å²) in [6.07, 6.45) is 2.66. The van der Waals surface area contributed by atoms with Gasteiger partial charge in [-0.3, -0.25) is 0 Å². The molecule has 0 bridgehead atoms. The van der Waals surface area contributed by atoms with Crippen LogP contribution in [0.25, 0.3) is 11.2 Å². The zero-order chi connectivity index (χ0) is 22.7. The fourth-order valence-corrected chi connectivity index (χ4v) is 3.48. The predicted octanol–water partition coefficient (Wildman–Crippen LogP) is 3.75. The SMILES string of the molecule is Cc1cc(C2CN(c3ncc4ncc(C)nc4n3)CCO2)cnn1.FC(F)(F)C1CCC1. The van der Waals surface area contributed by atoms with Gasteiger partial charge in [-0.15, -0.1) is 0 Å². The molecule has 170 valence electrons. The van der Waals surface area contributed by atoms with Crippen LogP contribution in [0.15, 0.2) is 24.7 Å². The number of rotatable bonds is 2. The Balaban J connectivity index is 0.000000260. The quantitative estimate of drug-likeness (QED) is 0.587. The minimum Gasteiger partial charge on any atom is -0.370 e. The molecule has 0 aromatic carbocycles. The van der Waals surface area contributed by atoms with Crippen LogP contribution >= 0.6 is 0 Å². The summed E-state index contributed by atoms with van der Waals surface area (Å²) < 4.78 is 40.4. The second kappa shape index (κ2) is 9.27. The van der Waals surface area contributed by atoms with E-state index >= 15 is 0 Å². The van der Waals surface area contributed by atoms with Gasteiger partial charge in [-0.05, 0) is 32.8 Å². The van der Waals surface area contributed by atoms with Crippen LogP contribution in [0.4, 0.5) is 19.1 Å². The van der Waals surface area contributed by atoms with Crippen molar-refractivity contribution in [3.63, 3.8) is 0 Å². The van der Waals surface area contributed by atoms with Crippen molar-refractivity contribution < 1.29 is 17.9 Å². The van der Waals surface area contributed by atoms with E-state index < -0.39 is 12.1 Å². The van der Waals surface area contributed by atoms with Gasteiger partial charge in [-0.25, -0.2) is 15.0 Å². The van der Waals surface area contributed by atoms with E-state index in [2.05, 4.69) is 35.0 Å². The molecule has 2 aliphatic rings. The smallest absolute Gasteiger partial charge is 0.370 e. The van der Waals surface area contributed by atoms with Gasteiger partial charge in [0.15, 0.2) is 5.65 Å². The van der Waals surface area contributed by atoms with E-state index in [0.717, 1.165) is 29.9 Å². The van der Waals surface area contributed by atoms with Crippen molar-refractivity contribution >= 4 is 17.1 Å². The van der Waals surface area contributed by atoms with E-state index in [4.69, 9.17) is 4.74 Å². The molecule has 3 aromatic rings. The first-order valence-corrected chi connectivity index (χ1v) is 10.5. The lowest BCUT2D eigenvalue weighted by Gasteiger charge is -2.33. The van der Waals surface area contributed by atoms with E-state index in [9.17, 15) is 13.2 Å². The standard InChI is InChI=1S/C16H17N7O.C5H7F3/c1-10-5-12(7-19-22-10)14-9-23(3-4-24-14)16-18-8-13-15(21-16)20-11(2)6-17-13;6-5(7,8)4-2-1-3-4/h5-8,14H,3-4,9H2,1-2H3;4H,1-3H2. The summed E-state index contributed by atoms with van der Waals surface area (Å²) in [7, 11) is 0. The topological polar surface area (TPSA) is 89.8 Å². The normalized spacial score (nSPS) is 19.3. The van der Waals surface area contributed by atoms with Crippen molar-refractivity contribution in [2.75, 3.05) is 24.6 Å². The minimum absolute atomic E-state index is 0.0733. The first kappa shape index (κ1) is 22.3. The first-order valence-electron chi connectivity index (χ1n) is 10.5. The average Bonchev–Trinajstić information content (AvgIpc) is 2.71.